The zero-order valence-corrected chi connectivity index (χ0v) is 24.0. The Morgan fingerprint density at radius 2 is 1.77 bits per heavy atom. The number of carbonyl (C=O) groups excluding carboxylic acids is 3. The molecule has 0 aliphatic carbocycles. The van der Waals surface area contributed by atoms with Crippen LogP contribution in [-0.2, 0) is 37.2 Å². The number of hydrogen-bond donors (Lipinski definition) is 4. The number of rotatable bonds is 15. The van der Waals surface area contributed by atoms with Crippen molar-refractivity contribution in [3.63, 3.8) is 0 Å². The molecule has 10 nitrogen and oxygen atoms in total. The van der Waals surface area contributed by atoms with E-state index in [-0.39, 0.29) is 28.9 Å². The van der Waals surface area contributed by atoms with E-state index in [2.05, 4.69) is 15.6 Å². The van der Waals surface area contributed by atoms with Crippen molar-refractivity contribution in [2.45, 2.75) is 69.7 Å². The molecule has 40 heavy (non-hydrogen) atoms. The number of hydrogen-bond acceptors (Lipinski definition) is 6. The Labute approximate surface area is 235 Å². The molecule has 3 rings (SSSR count). The maximum absolute atomic E-state index is 13.1. The summed E-state index contributed by atoms with van der Waals surface area (Å²) in [5, 5.41) is 11.8. The zero-order valence-electron chi connectivity index (χ0n) is 23.2. The van der Waals surface area contributed by atoms with Crippen LogP contribution in [0.4, 0.5) is 0 Å². The van der Waals surface area contributed by atoms with E-state index in [9.17, 15) is 22.8 Å². The monoisotopic (exact) mass is 570 g/mol. The number of aromatic amines is 1. The molecule has 2 aromatic carbocycles. The van der Waals surface area contributed by atoms with Crippen LogP contribution in [0, 0.1) is 6.92 Å². The van der Waals surface area contributed by atoms with E-state index in [1.165, 1.54) is 12.1 Å². The molecule has 0 saturated carbocycles. The number of Topliss-reactive ketones (excluding diaryl/α,β-unsaturated/α-hetero) is 1. The van der Waals surface area contributed by atoms with E-state index in [4.69, 9.17) is 9.88 Å². The smallest absolute Gasteiger partial charge is 0.242 e. The van der Waals surface area contributed by atoms with Crippen LogP contribution in [0.2, 0.25) is 0 Å². The van der Waals surface area contributed by atoms with Gasteiger partial charge in [0, 0.05) is 29.6 Å². The summed E-state index contributed by atoms with van der Waals surface area (Å²) in [6.45, 7) is 3.77. The van der Waals surface area contributed by atoms with E-state index in [1.54, 1.807) is 26.2 Å². The number of methoxy groups -OCH3 is 1. The topological polar surface area (TPSA) is 160 Å². The van der Waals surface area contributed by atoms with Crippen molar-refractivity contribution in [3.8, 4) is 5.75 Å². The van der Waals surface area contributed by atoms with Crippen LogP contribution in [0.3, 0.4) is 0 Å². The van der Waals surface area contributed by atoms with Crippen LogP contribution in [0.5, 0.6) is 5.75 Å². The first-order valence-corrected chi connectivity index (χ1v) is 14.9. The highest BCUT2D eigenvalue weighted by Crippen LogP contribution is 2.26. The molecule has 1 heterocycles. The average molecular weight is 571 g/mol. The van der Waals surface area contributed by atoms with E-state index in [0.29, 0.717) is 38.0 Å². The van der Waals surface area contributed by atoms with Gasteiger partial charge >= 0.3 is 0 Å². The average Bonchev–Trinajstić information content (AvgIpc) is 3.21. The highest BCUT2D eigenvalue weighted by molar-refractivity contribution is 7.89. The van der Waals surface area contributed by atoms with Crippen molar-refractivity contribution in [1.82, 2.24) is 15.6 Å². The quantitative estimate of drug-likeness (QED) is 0.205. The lowest BCUT2D eigenvalue weighted by atomic mass is 10.0. The molecule has 3 aromatic rings. The molecular formula is C29H38N4O6S. The number of ether oxygens (including phenoxy) is 1. The Hall–Kier alpha value is -3.70. The number of H-pyrrole nitrogens is 1. The van der Waals surface area contributed by atoms with Crippen LogP contribution >= 0.6 is 0 Å². The fourth-order valence-corrected chi connectivity index (χ4v) is 5.10. The number of fused-ring (bicyclic) bond motifs is 1. The molecule has 0 radical (unpaired) electrons. The third-order valence-corrected chi connectivity index (χ3v) is 7.73. The second-order valence-corrected chi connectivity index (χ2v) is 11.5. The van der Waals surface area contributed by atoms with Crippen LogP contribution in [-0.4, -0.2) is 50.7 Å². The highest BCUT2D eigenvalue weighted by atomic mass is 32.2. The number of aryl methyl sites for hydroxylation is 1. The summed E-state index contributed by atoms with van der Waals surface area (Å²) in [4.78, 5) is 40.8. The largest absolute Gasteiger partial charge is 0.497 e. The van der Waals surface area contributed by atoms with Gasteiger partial charge < -0.3 is 25.1 Å². The SMILES string of the molecule is COc1ccc2[nH]c(C)c(CC(=O)N[C@@H](CCCCCC(C)=O)C(=O)NCCc3ccc(S(N)(=O)=O)cc3)c2c1. The van der Waals surface area contributed by atoms with Gasteiger partial charge in [-0.05, 0) is 74.6 Å². The number of nitrogens with one attached hydrogen (secondary N) is 3. The summed E-state index contributed by atoms with van der Waals surface area (Å²) in [6, 6.07) is 11.1. The molecule has 0 fully saturated rings. The third-order valence-electron chi connectivity index (χ3n) is 6.80. The standard InChI is InChI=1S/C29H38N4O6S/c1-19(34)7-5-4-6-8-27(29(36)31-16-15-21-9-12-23(13-10-21)40(30,37)38)33-28(35)18-24-20(2)32-26-14-11-22(39-3)17-25(24)26/h9-14,17,27,32H,4-8,15-16,18H2,1-3H3,(H,31,36)(H,33,35)(H2,30,37,38)/t27-/m0/s1. The third kappa shape index (κ3) is 8.92. The summed E-state index contributed by atoms with van der Waals surface area (Å²) in [7, 11) is -2.18. The Morgan fingerprint density at radius 1 is 1.05 bits per heavy atom. The minimum atomic E-state index is -3.77. The first kappa shape index (κ1) is 30.8. The Morgan fingerprint density at radius 3 is 2.42 bits per heavy atom. The van der Waals surface area contributed by atoms with Crippen molar-refractivity contribution in [2.24, 2.45) is 5.14 Å². The Kier molecular flexibility index (Phi) is 10.9. The molecule has 0 spiro atoms. The van der Waals surface area contributed by atoms with Gasteiger partial charge in [0.2, 0.25) is 21.8 Å². The van der Waals surface area contributed by atoms with Crippen LogP contribution in [0.15, 0.2) is 47.4 Å². The first-order chi connectivity index (χ1) is 19.0. The molecule has 1 atom stereocenters. The summed E-state index contributed by atoms with van der Waals surface area (Å²) in [5.74, 6) is 0.258. The Balaban J connectivity index is 1.63. The van der Waals surface area contributed by atoms with E-state index in [0.717, 1.165) is 40.6 Å². The number of amides is 2. The molecular weight excluding hydrogens is 532 g/mol. The van der Waals surface area contributed by atoms with Gasteiger partial charge in [-0.2, -0.15) is 0 Å². The summed E-state index contributed by atoms with van der Waals surface area (Å²) < 4.78 is 28.2. The molecule has 0 bridgehead atoms. The van der Waals surface area contributed by atoms with Gasteiger partial charge in [-0.1, -0.05) is 25.0 Å². The molecule has 5 N–H and O–H groups in total. The van der Waals surface area contributed by atoms with Crippen molar-refractivity contribution >= 4 is 38.5 Å². The molecule has 1 aromatic heterocycles. The van der Waals surface area contributed by atoms with Crippen molar-refractivity contribution in [2.75, 3.05) is 13.7 Å². The minimum Gasteiger partial charge on any atom is -0.497 e. The van der Waals surface area contributed by atoms with Gasteiger partial charge in [0.1, 0.15) is 17.6 Å². The lowest BCUT2D eigenvalue weighted by molar-refractivity contribution is -0.128. The predicted octanol–water partition coefficient (Wildman–Crippen LogP) is 3.06. The summed E-state index contributed by atoms with van der Waals surface area (Å²) >= 11 is 0. The lowest BCUT2D eigenvalue weighted by Gasteiger charge is -2.19. The molecule has 11 heteroatoms. The van der Waals surface area contributed by atoms with E-state index < -0.39 is 16.1 Å². The molecule has 0 unspecified atom stereocenters. The number of nitrogens with two attached hydrogens (primary N) is 1. The summed E-state index contributed by atoms with van der Waals surface area (Å²) in [5.41, 5.74) is 3.45. The lowest BCUT2D eigenvalue weighted by Crippen LogP contribution is -2.47. The minimum absolute atomic E-state index is 0.0247. The van der Waals surface area contributed by atoms with Gasteiger partial charge in [-0.15, -0.1) is 0 Å². The normalized spacial score (nSPS) is 12.2. The number of aromatic nitrogens is 1. The molecule has 2 amide bonds. The van der Waals surface area contributed by atoms with Gasteiger partial charge in [0.05, 0.1) is 18.4 Å². The van der Waals surface area contributed by atoms with Crippen molar-refractivity contribution in [3.05, 3.63) is 59.3 Å². The number of ketones is 1. The molecule has 216 valence electrons. The fourth-order valence-electron chi connectivity index (χ4n) is 4.59. The van der Waals surface area contributed by atoms with Crippen molar-refractivity contribution < 1.29 is 27.5 Å². The second kappa shape index (κ2) is 14.1. The molecule has 0 saturated heterocycles. The molecule has 0 aliphatic heterocycles. The van der Waals surface area contributed by atoms with E-state index >= 15 is 0 Å². The van der Waals surface area contributed by atoms with Crippen molar-refractivity contribution in [1.29, 1.82) is 0 Å². The predicted molar refractivity (Wildman–Crippen MR) is 154 cm³/mol. The van der Waals surface area contributed by atoms with Crippen LogP contribution in [0.1, 0.15) is 55.8 Å². The van der Waals surface area contributed by atoms with Crippen LogP contribution in [0.25, 0.3) is 10.9 Å². The van der Waals surface area contributed by atoms with Gasteiger partial charge in [0.15, 0.2) is 0 Å². The number of benzene rings is 2. The summed E-state index contributed by atoms with van der Waals surface area (Å²) in [6.07, 6.45) is 3.72. The number of sulfonamides is 1. The number of primary sulfonamides is 1. The maximum Gasteiger partial charge on any atom is 0.242 e. The Bertz CT molecular complexity index is 1450. The highest BCUT2D eigenvalue weighted by Gasteiger charge is 2.22. The fraction of sp³-hybridized carbons (Fsp3) is 0.414. The zero-order chi connectivity index (χ0) is 29.3. The number of unbranched alkanes of at least 4 members (excludes halogenated alkanes) is 2. The first-order valence-electron chi connectivity index (χ1n) is 13.3. The van der Waals surface area contributed by atoms with E-state index in [1.807, 2.05) is 25.1 Å². The molecule has 0 aliphatic rings. The number of carbonyl (C=O) groups is 3. The van der Waals surface area contributed by atoms with Gasteiger partial charge in [-0.3, -0.25) is 9.59 Å². The van der Waals surface area contributed by atoms with Gasteiger partial charge in [-0.25, -0.2) is 13.6 Å². The van der Waals surface area contributed by atoms with Gasteiger partial charge in [0.25, 0.3) is 0 Å². The second-order valence-electron chi connectivity index (χ2n) is 9.97. The van der Waals surface area contributed by atoms with Crippen LogP contribution < -0.4 is 20.5 Å². The maximum atomic E-state index is 13.1.